The van der Waals surface area contributed by atoms with E-state index in [2.05, 4.69) is 27.2 Å². The van der Waals surface area contributed by atoms with Crippen LogP contribution in [0.5, 0.6) is 5.75 Å². The van der Waals surface area contributed by atoms with Gasteiger partial charge in [0.1, 0.15) is 5.75 Å². The summed E-state index contributed by atoms with van der Waals surface area (Å²) >= 11 is 0. The van der Waals surface area contributed by atoms with Gasteiger partial charge in [0.2, 0.25) is 11.8 Å². The number of aromatic nitrogens is 4. The number of carbonyl (C=O) groups excluding carboxylic acids is 3. The highest BCUT2D eigenvalue weighted by Crippen LogP contribution is 2.34. The molecule has 0 atom stereocenters. The van der Waals surface area contributed by atoms with Gasteiger partial charge in [-0.3, -0.25) is 23.7 Å². The Bertz CT molecular complexity index is 1680. The molecule has 4 aromatic rings. The highest BCUT2D eigenvalue weighted by Gasteiger charge is 2.31. The number of likely N-dealkylation sites (tertiary alicyclic amines) is 1. The number of ether oxygens (including phenoxy) is 1. The lowest BCUT2D eigenvalue weighted by atomic mass is 10.0. The molecule has 2 aliphatic rings. The van der Waals surface area contributed by atoms with Gasteiger partial charge in [0, 0.05) is 87.1 Å². The fourth-order valence-corrected chi connectivity index (χ4v) is 6.23. The van der Waals surface area contributed by atoms with Gasteiger partial charge in [0.05, 0.1) is 25.9 Å². The van der Waals surface area contributed by atoms with Gasteiger partial charge < -0.3 is 19.9 Å². The van der Waals surface area contributed by atoms with E-state index >= 15 is 0 Å². The molecule has 1 N–H and O–H groups in total. The lowest BCUT2D eigenvalue weighted by Gasteiger charge is -2.34. The second-order valence-electron chi connectivity index (χ2n) is 11.8. The summed E-state index contributed by atoms with van der Waals surface area (Å²) in [7, 11) is 3.49. The number of carbonyl (C=O) groups is 3. The number of rotatable bonds is 9. The number of amides is 2. The molecule has 2 amide bonds. The molecule has 0 saturated carbocycles. The third-order valence-corrected chi connectivity index (χ3v) is 8.86. The van der Waals surface area contributed by atoms with Crippen LogP contribution in [0, 0.1) is 0 Å². The van der Waals surface area contributed by atoms with E-state index in [-0.39, 0.29) is 36.5 Å². The molecule has 1 fully saturated rings. The van der Waals surface area contributed by atoms with Crippen LogP contribution in [-0.2, 0) is 29.6 Å². The molecule has 2 aromatic carbocycles. The molecule has 234 valence electrons. The molecule has 0 bridgehead atoms. The number of hydrogen-bond donors (Lipinski definition) is 1. The van der Waals surface area contributed by atoms with E-state index in [4.69, 9.17) is 9.84 Å². The summed E-state index contributed by atoms with van der Waals surface area (Å²) in [6.07, 6.45) is 6.50. The van der Waals surface area contributed by atoms with Crippen LogP contribution < -0.4 is 10.1 Å². The molecular formula is C34H39N7O4. The van der Waals surface area contributed by atoms with Crippen LogP contribution in [0.2, 0.25) is 0 Å². The second kappa shape index (κ2) is 13.0. The van der Waals surface area contributed by atoms with E-state index in [1.54, 1.807) is 43.0 Å². The van der Waals surface area contributed by atoms with Gasteiger partial charge in [-0.05, 0) is 54.8 Å². The summed E-state index contributed by atoms with van der Waals surface area (Å²) < 4.78 is 9.08. The van der Waals surface area contributed by atoms with Crippen molar-refractivity contribution in [2.45, 2.75) is 51.6 Å². The Morgan fingerprint density at radius 1 is 0.933 bits per heavy atom. The third-order valence-electron chi connectivity index (χ3n) is 8.86. The maximum Gasteiger partial charge on any atom is 0.223 e. The standard InChI is InChI=1S/C34H39N7O4/c1-23(42)40-19-16-31-30(22-40)34(36-27-8-4-24(5-9-27)26-20-35-38(2)21-26)37-41(31)28-14-17-39(18-15-28)33(44)13-12-32(43)25-6-10-29(45-3)11-7-25/h4-11,20-21,28H,12-19,22H2,1-3H3,(H,36,37). The zero-order valence-electron chi connectivity index (χ0n) is 26.0. The van der Waals surface area contributed by atoms with Crippen molar-refractivity contribution in [2.75, 3.05) is 32.1 Å². The molecule has 11 heteroatoms. The molecule has 0 unspecified atom stereocenters. The van der Waals surface area contributed by atoms with Crippen LogP contribution in [0.15, 0.2) is 60.9 Å². The SMILES string of the molecule is COc1ccc(C(=O)CCC(=O)N2CCC(n3nc(Nc4ccc(-c5cnn(C)c5)cc4)c4c3CCN(C(C)=O)C4)CC2)cc1. The van der Waals surface area contributed by atoms with Crippen molar-refractivity contribution >= 4 is 29.1 Å². The molecular weight excluding hydrogens is 570 g/mol. The highest BCUT2D eigenvalue weighted by molar-refractivity contribution is 5.98. The first-order valence-corrected chi connectivity index (χ1v) is 15.5. The van der Waals surface area contributed by atoms with Crippen molar-refractivity contribution in [1.29, 1.82) is 0 Å². The lowest BCUT2D eigenvalue weighted by Crippen LogP contribution is -2.40. The molecule has 4 heterocycles. The Balaban J connectivity index is 1.11. The van der Waals surface area contributed by atoms with E-state index in [0.29, 0.717) is 37.5 Å². The van der Waals surface area contributed by atoms with Gasteiger partial charge in [-0.15, -0.1) is 0 Å². The Hall–Kier alpha value is -4.93. The number of benzene rings is 2. The summed E-state index contributed by atoms with van der Waals surface area (Å²) in [5.74, 6) is 1.47. The van der Waals surface area contributed by atoms with E-state index in [1.807, 2.05) is 41.4 Å². The number of hydrogen-bond acceptors (Lipinski definition) is 7. The second-order valence-corrected chi connectivity index (χ2v) is 11.8. The van der Waals surface area contributed by atoms with E-state index in [0.717, 1.165) is 53.2 Å². The van der Waals surface area contributed by atoms with E-state index in [1.165, 1.54) is 0 Å². The topological polar surface area (TPSA) is 115 Å². The molecule has 1 saturated heterocycles. The fourth-order valence-electron chi connectivity index (χ4n) is 6.23. The fraction of sp³-hybridized carbons (Fsp3) is 0.382. The maximum atomic E-state index is 13.0. The number of aryl methyl sites for hydroxylation is 1. The molecule has 0 aliphatic carbocycles. The van der Waals surface area contributed by atoms with Gasteiger partial charge in [0.15, 0.2) is 11.6 Å². The molecule has 45 heavy (non-hydrogen) atoms. The number of fused-ring (bicyclic) bond motifs is 1. The monoisotopic (exact) mass is 609 g/mol. The smallest absolute Gasteiger partial charge is 0.223 e. The zero-order chi connectivity index (χ0) is 31.5. The first-order valence-electron chi connectivity index (χ1n) is 15.5. The largest absolute Gasteiger partial charge is 0.497 e. The Kier molecular flexibility index (Phi) is 8.68. The van der Waals surface area contributed by atoms with Crippen molar-refractivity contribution in [2.24, 2.45) is 7.05 Å². The molecule has 2 aromatic heterocycles. The van der Waals surface area contributed by atoms with Gasteiger partial charge in [0.25, 0.3) is 0 Å². The lowest BCUT2D eigenvalue weighted by molar-refractivity contribution is -0.132. The van der Waals surface area contributed by atoms with Gasteiger partial charge in [-0.2, -0.15) is 10.2 Å². The number of Topliss-reactive ketones (excluding diaryl/α,β-unsaturated/α-hetero) is 1. The molecule has 2 aliphatic heterocycles. The third kappa shape index (κ3) is 6.62. The van der Waals surface area contributed by atoms with Gasteiger partial charge in [-0.1, -0.05) is 12.1 Å². The highest BCUT2D eigenvalue weighted by atomic mass is 16.5. The predicted octanol–water partition coefficient (Wildman–Crippen LogP) is 4.77. The zero-order valence-corrected chi connectivity index (χ0v) is 26.0. The van der Waals surface area contributed by atoms with Crippen molar-refractivity contribution in [3.05, 3.63) is 77.7 Å². The summed E-state index contributed by atoms with van der Waals surface area (Å²) in [5, 5.41) is 12.8. The number of anilines is 2. The van der Waals surface area contributed by atoms with Crippen LogP contribution in [0.25, 0.3) is 11.1 Å². The van der Waals surface area contributed by atoms with Gasteiger partial charge in [-0.25, -0.2) is 0 Å². The summed E-state index contributed by atoms with van der Waals surface area (Å²) in [5.41, 5.74) is 5.83. The van der Waals surface area contributed by atoms with Crippen molar-refractivity contribution in [1.82, 2.24) is 29.4 Å². The quantitative estimate of drug-likeness (QED) is 0.272. The molecule has 11 nitrogen and oxygen atoms in total. The van der Waals surface area contributed by atoms with Crippen LogP contribution in [0.3, 0.4) is 0 Å². The van der Waals surface area contributed by atoms with Crippen molar-refractivity contribution in [3.63, 3.8) is 0 Å². The number of methoxy groups -OCH3 is 1. The number of ketones is 1. The first-order chi connectivity index (χ1) is 21.8. The average molecular weight is 610 g/mol. The Morgan fingerprint density at radius 2 is 1.67 bits per heavy atom. The summed E-state index contributed by atoms with van der Waals surface area (Å²) in [4.78, 5) is 41.6. The minimum atomic E-state index is -0.0459. The average Bonchev–Trinajstić information content (AvgIpc) is 3.67. The maximum absolute atomic E-state index is 13.0. The normalized spacial score (nSPS) is 15.1. The van der Waals surface area contributed by atoms with E-state index in [9.17, 15) is 14.4 Å². The molecule has 0 spiro atoms. The van der Waals surface area contributed by atoms with E-state index < -0.39 is 0 Å². The predicted molar refractivity (Wildman–Crippen MR) is 170 cm³/mol. The van der Waals surface area contributed by atoms with Crippen LogP contribution in [0.4, 0.5) is 11.5 Å². The van der Waals surface area contributed by atoms with Crippen LogP contribution in [0.1, 0.15) is 60.3 Å². The minimum absolute atomic E-state index is 0.00647. The number of nitrogens with zero attached hydrogens (tertiary/aromatic N) is 6. The molecule has 6 rings (SSSR count). The molecule has 0 radical (unpaired) electrons. The number of nitrogens with one attached hydrogen (secondary N) is 1. The van der Waals surface area contributed by atoms with Gasteiger partial charge >= 0.3 is 0 Å². The Morgan fingerprint density at radius 3 is 2.31 bits per heavy atom. The number of piperidine rings is 1. The van der Waals surface area contributed by atoms with Crippen LogP contribution >= 0.6 is 0 Å². The summed E-state index contributed by atoms with van der Waals surface area (Å²) in [6, 6.07) is 15.3. The minimum Gasteiger partial charge on any atom is -0.497 e. The van der Waals surface area contributed by atoms with Crippen molar-refractivity contribution < 1.29 is 19.1 Å². The van der Waals surface area contributed by atoms with Crippen molar-refractivity contribution in [3.8, 4) is 16.9 Å². The first kappa shape index (κ1) is 30.1. The summed E-state index contributed by atoms with van der Waals surface area (Å²) in [6.45, 7) is 4.02. The van der Waals surface area contributed by atoms with Crippen LogP contribution in [-0.4, -0.2) is 73.7 Å². The Labute approximate surface area is 262 Å².